The van der Waals surface area contributed by atoms with Crippen molar-refractivity contribution in [3.63, 3.8) is 0 Å². The van der Waals surface area contributed by atoms with Gasteiger partial charge >= 0.3 is 5.97 Å². The molecule has 0 aliphatic rings. The van der Waals surface area contributed by atoms with Crippen LogP contribution in [0.3, 0.4) is 0 Å². The van der Waals surface area contributed by atoms with Crippen LogP contribution in [0.4, 0.5) is 0 Å². The van der Waals surface area contributed by atoms with E-state index >= 15 is 0 Å². The fraction of sp³-hybridized carbons (Fsp3) is 0.143. The maximum atomic E-state index is 11.8. The molecule has 0 bridgehead atoms. The Morgan fingerprint density at radius 2 is 2.05 bits per heavy atom. The number of halogens is 1. The summed E-state index contributed by atoms with van der Waals surface area (Å²) in [4.78, 5) is 11.8. The maximum absolute atomic E-state index is 11.8. The van der Waals surface area contributed by atoms with E-state index in [0.717, 1.165) is 5.69 Å². The van der Waals surface area contributed by atoms with E-state index in [0.29, 0.717) is 16.3 Å². The van der Waals surface area contributed by atoms with E-state index in [4.69, 9.17) is 16.3 Å². The van der Waals surface area contributed by atoms with Crippen LogP contribution in [0.1, 0.15) is 16.1 Å². The van der Waals surface area contributed by atoms with Crippen LogP contribution in [0.2, 0.25) is 5.02 Å². The SMILES string of the molecule is Cn1cc(C(=O)OCc2cn(-c3ccc(Cl)cc3)nn2)cn1. The number of hydrogen-bond donors (Lipinski definition) is 0. The summed E-state index contributed by atoms with van der Waals surface area (Å²) >= 11 is 5.84. The van der Waals surface area contributed by atoms with Crippen LogP contribution in [0.5, 0.6) is 0 Å². The average Bonchev–Trinajstić information content (AvgIpc) is 3.15. The number of carbonyl (C=O) groups is 1. The van der Waals surface area contributed by atoms with Crippen LogP contribution in [0.25, 0.3) is 5.69 Å². The Kier molecular flexibility index (Phi) is 3.88. The van der Waals surface area contributed by atoms with Crippen molar-refractivity contribution in [1.82, 2.24) is 24.8 Å². The molecule has 0 radical (unpaired) electrons. The smallest absolute Gasteiger partial charge is 0.341 e. The summed E-state index contributed by atoms with van der Waals surface area (Å²) in [6.45, 7) is 0.0430. The monoisotopic (exact) mass is 317 g/mol. The molecule has 0 amide bonds. The van der Waals surface area contributed by atoms with Crippen molar-refractivity contribution in [1.29, 1.82) is 0 Å². The van der Waals surface area contributed by atoms with E-state index in [-0.39, 0.29) is 6.61 Å². The summed E-state index contributed by atoms with van der Waals surface area (Å²) in [6.07, 6.45) is 4.74. The van der Waals surface area contributed by atoms with Crippen LogP contribution >= 0.6 is 11.6 Å². The van der Waals surface area contributed by atoms with Crippen molar-refractivity contribution < 1.29 is 9.53 Å². The van der Waals surface area contributed by atoms with E-state index < -0.39 is 5.97 Å². The third kappa shape index (κ3) is 3.15. The molecule has 3 rings (SSSR count). The van der Waals surface area contributed by atoms with Gasteiger partial charge in [-0.05, 0) is 24.3 Å². The van der Waals surface area contributed by atoms with Gasteiger partial charge in [0.05, 0.1) is 23.6 Å². The van der Waals surface area contributed by atoms with Gasteiger partial charge in [-0.2, -0.15) is 5.10 Å². The van der Waals surface area contributed by atoms with Gasteiger partial charge in [0.25, 0.3) is 0 Å². The Labute approximate surface area is 131 Å². The predicted molar refractivity (Wildman–Crippen MR) is 78.7 cm³/mol. The number of carbonyl (C=O) groups excluding carboxylic acids is 1. The number of rotatable bonds is 4. The molecule has 7 nitrogen and oxygen atoms in total. The minimum absolute atomic E-state index is 0.0430. The zero-order chi connectivity index (χ0) is 15.5. The number of benzene rings is 1. The second-order valence-corrected chi connectivity index (χ2v) is 5.05. The standard InChI is InChI=1S/C14H12ClN5O2/c1-19-7-10(6-16-19)14(21)22-9-12-8-20(18-17-12)13-4-2-11(15)3-5-13/h2-8H,9H2,1H3. The summed E-state index contributed by atoms with van der Waals surface area (Å²) in [6, 6.07) is 7.17. The Bertz CT molecular complexity index is 794. The molecule has 0 spiro atoms. The Morgan fingerprint density at radius 3 is 2.73 bits per heavy atom. The predicted octanol–water partition coefficient (Wildman–Crippen LogP) is 2.01. The third-order valence-electron chi connectivity index (χ3n) is 2.92. The second-order valence-electron chi connectivity index (χ2n) is 4.61. The zero-order valence-corrected chi connectivity index (χ0v) is 12.4. The highest BCUT2D eigenvalue weighted by Gasteiger charge is 2.11. The lowest BCUT2D eigenvalue weighted by Gasteiger charge is -2.00. The van der Waals surface area contributed by atoms with E-state index in [2.05, 4.69) is 15.4 Å². The molecule has 8 heteroatoms. The van der Waals surface area contributed by atoms with Crippen LogP contribution < -0.4 is 0 Å². The molecular weight excluding hydrogens is 306 g/mol. The summed E-state index contributed by atoms with van der Waals surface area (Å²) in [5, 5.41) is 12.5. The normalized spacial score (nSPS) is 10.6. The van der Waals surface area contributed by atoms with Crippen LogP contribution in [-0.4, -0.2) is 30.7 Å². The first kappa shape index (κ1) is 14.3. The van der Waals surface area contributed by atoms with Gasteiger partial charge in [-0.25, -0.2) is 9.48 Å². The molecule has 2 aromatic heterocycles. The highest BCUT2D eigenvalue weighted by atomic mass is 35.5. The van der Waals surface area contributed by atoms with E-state index in [9.17, 15) is 4.79 Å². The van der Waals surface area contributed by atoms with Crippen LogP contribution in [-0.2, 0) is 18.4 Å². The Balaban J connectivity index is 1.64. The quantitative estimate of drug-likeness (QED) is 0.688. The lowest BCUT2D eigenvalue weighted by Crippen LogP contribution is -2.04. The van der Waals surface area contributed by atoms with Crippen molar-refractivity contribution in [3.05, 3.63) is 59.1 Å². The first-order valence-corrected chi connectivity index (χ1v) is 6.82. The molecule has 0 aliphatic heterocycles. The van der Waals surface area contributed by atoms with E-state index in [1.54, 1.807) is 36.3 Å². The van der Waals surface area contributed by atoms with Crippen molar-refractivity contribution in [3.8, 4) is 5.69 Å². The number of aryl methyl sites for hydroxylation is 1. The number of esters is 1. The van der Waals surface area contributed by atoms with Gasteiger partial charge in [-0.3, -0.25) is 4.68 Å². The molecule has 0 saturated carbocycles. The molecule has 1 aromatic carbocycles. The summed E-state index contributed by atoms with van der Waals surface area (Å²) in [7, 11) is 1.73. The molecule has 3 aromatic rings. The van der Waals surface area contributed by atoms with E-state index in [1.165, 1.54) is 10.9 Å². The molecule has 0 saturated heterocycles. The highest BCUT2D eigenvalue weighted by Crippen LogP contribution is 2.13. The first-order chi connectivity index (χ1) is 10.6. The van der Waals surface area contributed by atoms with Gasteiger partial charge in [0.1, 0.15) is 12.3 Å². The van der Waals surface area contributed by atoms with Crippen molar-refractivity contribution in [2.45, 2.75) is 6.61 Å². The largest absolute Gasteiger partial charge is 0.455 e. The topological polar surface area (TPSA) is 74.8 Å². The number of nitrogens with zero attached hydrogens (tertiary/aromatic N) is 5. The molecule has 22 heavy (non-hydrogen) atoms. The van der Waals surface area contributed by atoms with Gasteiger partial charge in [0, 0.05) is 18.3 Å². The molecule has 0 N–H and O–H groups in total. The van der Waals surface area contributed by atoms with Crippen molar-refractivity contribution >= 4 is 17.6 Å². The minimum atomic E-state index is -0.450. The van der Waals surface area contributed by atoms with Gasteiger partial charge in [0.2, 0.25) is 0 Å². The van der Waals surface area contributed by atoms with Crippen LogP contribution in [0, 0.1) is 0 Å². The second kappa shape index (κ2) is 5.98. The third-order valence-corrected chi connectivity index (χ3v) is 3.18. The first-order valence-electron chi connectivity index (χ1n) is 6.45. The maximum Gasteiger partial charge on any atom is 0.341 e. The molecular formula is C14H12ClN5O2. The van der Waals surface area contributed by atoms with Gasteiger partial charge in [0.15, 0.2) is 0 Å². The molecule has 112 valence electrons. The summed E-state index contributed by atoms with van der Waals surface area (Å²) < 4.78 is 8.29. The lowest BCUT2D eigenvalue weighted by atomic mass is 10.3. The van der Waals surface area contributed by atoms with Crippen molar-refractivity contribution in [2.75, 3.05) is 0 Å². The van der Waals surface area contributed by atoms with Crippen LogP contribution in [0.15, 0.2) is 42.9 Å². The van der Waals surface area contributed by atoms with Gasteiger partial charge in [-0.15, -0.1) is 5.10 Å². The highest BCUT2D eigenvalue weighted by molar-refractivity contribution is 6.30. The molecule has 0 fully saturated rings. The fourth-order valence-electron chi connectivity index (χ4n) is 1.83. The summed E-state index contributed by atoms with van der Waals surface area (Å²) in [5.74, 6) is -0.450. The molecule has 0 atom stereocenters. The average molecular weight is 318 g/mol. The zero-order valence-electron chi connectivity index (χ0n) is 11.7. The van der Waals surface area contributed by atoms with Gasteiger partial charge in [-0.1, -0.05) is 16.8 Å². The molecule has 2 heterocycles. The Morgan fingerprint density at radius 1 is 1.27 bits per heavy atom. The minimum Gasteiger partial charge on any atom is -0.455 e. The number of ether oxygens (including phenoxy) is 1. The fourth-order valence-corrected chi connectivity index (χ4v) is 1.96. The molecule has 0 unspecified atom stereocenters. The molecule has 0 aliphatic carbocycles. The summed E-state index contributed by atoms with van der Waals surface area (Å²) in [5.41, 5.74) is 1.77. The van der Waals surface area contributed by atoms with E-state index in [1.807, 2.05) is 12.1 Å². The number of aromatic nitrogens is 5. The lowest BCUT2D eigenvalue weighted by molar-refractivity contribution is 0.0467. The number of hydrogen-bond acceptors (Lipinski definition) is 5. The van der Waals surface area contributed by atoms with Crippen molar-refractivity contribution in [2.24, 2.45) is 7.05 Å². The van der Waals surface area contributed by atoms with Gasteiger partial charge < -0.3 is 4.74 Å². The Hall–Kier alpha value is -2.67.